The Labute approximate surface area is 218 Å². The molecule has 1 aliphatic rings. The average molecular weight is 517 g/mol. The zero-order valence-corrected chi connectivity index (χ0v) is 22.3. The van der Waals surface area contributed by atoms with Crippen molar-refractivity contribution in [2.24, 2.45) is 5.92 Å². The summed E-state index contributed by atoms with van der Waals surface area (Å²) >= 11 is 0. The van der Waals surface area contributed by atoms with E-state index in [-0.39, 0.29) is 37.9 Å². The van der Waals surface area contributed by atoms with E-state index < -0.39 is 30.0 Å². The van der Waals surface area contributed by atoms with Crippen LogP contribution in [0.4, 0.5) is 13.6 Å². The van der Waals surface area contributed by atoms with E-state index in [9.17, 15) is 18.4 Å². The molecule has 202 valence electrons. The number of amides is 2. The molecule has 2 heterocycles. The zero-order valence-electron chi connectivity index (χ0n) is 22.3. The van der Waals surface area contributed by atoms with Crippen LogP contribution in [0, 0.1) is 5.92 Å². The van der Waals surface area contributed by atoms with Crippen LogP contribution in [-0.2, 0) is 11.3 Å². The van der Waals surface area contributed by atoms with Crippen LogP contribution in [0.2, 0.25) is 0 Å². The quantitative estimate of drug-likeness (QED) is 0.518. The van der Waals surface area contributed by atoms with Crippen LogP contribution >= 0.6 is 0 Å². The topological polar surface area (TPSA) is 83.6 Å². The molecular formula is C28H38F2N4O3. The van der Waals surface area contributed by atoms with E-state index in [1.807, 2.05) is 37.3 Å². The van der Waals surface area contributed by atoms with Crippen molar-refractivity contribution in [2.45, 2.75) is 64.5 Å². The van der Waals surface area contributed by atoms with E-state index in [1.165, 1.54) is 4.90 Å². The Morgan fingerprint density at radius 2 is 1.92 bits per heavy atom. The highest BCUT2D eigenvalue weighted by Gasteiger charge is 2.45. The number of piperidine rings is 1. The summed E-state index contributed by atoms with van der Waals surface area (Å²) in [6, 6.07) is 13.4. The van der Waals surface area contributed by atoms with Gasteiger partial charge in [0.2, 0.25) is 0 Å². The lowest BCUT2D eigenvalue weighted by Gasteiger charge is -2.38. The van der Waals surface area contributed by atoms with E-state index in [2.05, 4.69) is 10.6 Å². The summed E-state index contributed by atoms with van der Waals surface area (Å²) in [5.74, 6) is -4.35. The fourth-order valence-electron chi connectivity index (χ4n) is 4.38. The molecule has 9 heteroatoms. The number of rotatable bonds is 8. The van der Waals surface area contributed by atoms with Crippen molar-refractivity contribution in [2.75, 3.05) is 26.7 Å². The van der Waals surface area contributed by atoms with Gasteiger partial charge in [0.15, 0.2) is 0 Å². The molecule has 3 rings (SSSR count). The first-order valence-corrected chi connectivity index (χ1v) is 12.7. The van der Waals surface area contributed by atoms with Crippen LogP contribution in [0.25, 0.3) is 0 Å². The fraction of sp³-hybridized carbons (Fsp3) is 0.536. The van der Waals surface area contributed by atoms with Gasteiger partial charge in [0.25, 0.3) is 11.8 Å². The highest BCUT2D eigenvalue weighted by Crippen LogP contribution is 2.36. The van der Waals surface area contributed by atoms with Gasteiger partial charge in [0.1, 0.15) is 5.60 Å². The normalized spacial score (nSPS) is 18.2. The number of ether oxygens (including phenoxy) is 1. The highest BCUT2D eigenvalue weighted by atomic mass is 19.3. The van der Waals surface area contributed by atoms with E-state index in [0.717, 1.165) is 17.0 Å². The van der Waals surface area contributed by atoms with Crippen molar-refractivity contribution in [3.8, 4) is 0 Å². The number of alkyl halides is 2. The summed E-state index contributed by atoms with van der Waals surface area (Å²) in [6.45, 7) is 7.64. The van der Waals surface area contributed by atoms with Crippen LogP contribution in [0.15, 0.2) is 42.5 Å². The number of nitrogens with zero attached hydrogens (tertiary/aromatic N) is 2. The predicted molar refractivity (Wildman–Crippen MR) is 139 cm³/mol. The molecule has 0 saturated carbocycles. The monoisotopic (exact) mass is 516 g/mol. The molecule has 2 amide bonds. The maximum Gasteiger partial charge on any atom is 0.410 e. The summed E-state index contributed by atoms with van der Waals surface area (Å²) in [6.07, 6.45) is -0.978. The molecule has 0 radical (unpaired) electrons. The van der Waals surface area contributed by atoms with E-state index in [4.69, 9.17) is 9.72 Å². The smallest absolute Gasteiger partial charge is 0.410 e. The Kier molecular flexibility index (Phi) is 9.23. The zero-order chi connectivity index (χ0) is 27.2. The van der Waals surface area contributed by atoms with Crippen molar-refractivity contribution in [1.29, 1.82) is 0 Å². The lowest BCUT2D eigenvalue weighted by molar-refractivity contribution is -0.107. The minimum atomic E-state index is -2.92. The van der Waals surface area contributed by atoms with E-state index in [0.29, 0.717) is 12.1 Å². The molecule has 37 heavy (non-hydrogen) atoms. The summed E-state index contributed by atoms with van der Waals surface area (Å²) in [7, 11) is 1.81. The number of hydrogen-bond donors (Lipinski definition) is 2. The van der Waals surface area contributed by atoms with Crippen molar-refractivity contribution in [3.63, 3.8) is 0 Å². The second-order valence-electron chi connectivity index (χ2n) is 10.6. The molecule has 0 bridgehead atoms. The Morgan fingerprint density at radius 3 is 2.57 bits per heavy atom. The number of carbonyl (C=O) groups is 2. The second-order valence-corrected chi connectivity index (χ2v) is 10.6. The first-order chi connectivity index (χ1) is 17.4. The third kappa shape index (κ3) is 7.95. The Bertz CT molecular complexity index is 1070. The van der Waals surface area contributed by atoms with Gasteiger partial charge in [-0.3, -0.25) is 9.78 Å². The van der Waals surface area contributed by atoms with Gasteiger partial charge in [-0.1, -0.05) is 37.3 Å². The molecule has 1 fully saturated rings. The molecule has 2 N–H and O–H groups in total. The SMILES string of the molecule is CNCc1cc(C(=O)NCCC2CN(C(=O)OC(C)(C)C)CCC2(F)F)cc([C@@H](C)c2ccccc2)n1. The van der Waals surface area contributed by atoms with Crippen LogP contribution in [-0.4, -0.2) is 60.1 Å². The summed E-state index contributed by atoms with van der Waals surface area (Å²) < 4.78 is 34.6. The number of carbonyl (C=O) groups excluding carboxylic acids is 2. The molecule has 1 aliphatic heterocycles. The number of aromatic nitrogens is 1. The first-order valence-electron chi connectivity index (χ1n) is 12.7. The lowest BCUT2D eigenvalue weighted by Crippen LogP contribution is -2.51. The van der Waals surface area contributed by atoms with Gasteiger partial charge in [-0.2, -0.15) is 0 Å². The number of nitrogens with one attached hydrogen (secondary N) is 2. The van der Waals surface area contributed by atoms with Crippen molar-refractivity contribution >= 4 is 12.0 Å². The fourth-order valence-corrected chi connectivity index (χ4v) is 4.38. The Balaban J connectivity index is 1.67. The summed E-state index contributed by atoms with van der Waals surface area (Å²) in [5, 5.41) is 5.84. The summed E-state index contributed by atoms with van der Waals surface area (Å²) in [4.78, 5) is 31.4. The van der Waals surface area contributed by atoms with Gasteiger partial charge in [0, 0.05) is 55.7 Å². The predicted octanol–water partition coefficient (Wildman–Crippen LogP) is 4.97. The van der Waals surface area contributed by atoms with Crippen molar-refractivity contribution < 1.29 is 23.1 Å². The number of benzene rings is 1. The third-order valence-corrected chi connectivity index (χ3v) is 6.44. The minimum Gasteiger partial charge on any atom is -0.444 e. The molecule has 1 aromatic carbocycles. The van der Waals surface area contributed by atoms with Gasteiger partial charge in [-0.25, -0.2) is 13.6 Å². The van der Waals surface area contributed by atoms with E-state index in [1.54, 1.807) is 40.0 Å². The summed E-state index contributed by atoms with van der Waals surface area (Å²) in [5.41, 5.74) is 2.30. The molecule has 7 nitrogen and oxygen atoms in total. The molecule has 2 atom stereocenters. The molecule has 2 aromatic rings. The van der Waals surface area contributed by atoms with Crippen LogP contribution in [0.1, 0.15) is 73.8 Å². The van der Waals surface area contributed by atoms with Gasteiger partial charge in [0.05, 0.1) is 5.69 Å². The molecule has 1 unspecified atom stereocenters. The largest absolute Gasteiger partial charge is 0.444 e. The van der Waals surface area contributed by atoms with Gasteiger partial charge in [-0.15, -0.1) is 0 Å². The average Bonchev–Trinajstić information content (AvgIpc) is 2.83. The molecule has 1 saturated heterocycles. The van der Waals surface area contributed by atoms with Crippen LogP contribution in [0.3, 0.4) is 0 Å². The van der Waals surface area contributed by atoms with Crippen molar-refractivity contribution in [1.82, 2.24) is 20.5 Å². The molecular weight excluding hydrogens is 478 g/mol. The van der Waals surface area contributed by atoms with Gasteiger partial charge < -0.3 is 20.3 Å². The minimum absolute atomic E-state index is 0.0238. The third-order valence-electron chi connectivity index (χ3n) is 6.44. The standard InChI is InChI=1S/C28H38F2N4O3/c1-19(20-9-7-6-8-10-20)24-16-21(15-23(33-24)17-31-5)25(35)32-13-11-22-18-34(14-12-28(22,29)30)26(36)37-27(2,3)4/h6-10,15-16,19,22,31H,11-14,17-18H2,1-5H3,(H,32,35)/t19-,22?/m0/s1. The van der Waals surface area contributed by atoms with Gasteiger partial charge in [-0.05, 0) is 51.9 Å². The number of pyridine rings is 1. The van der Waals surface area contributed by atoms with Crippen LogP contribution < -0.4 is 10.6 Å². The van der Waals surface area contributed by atoms with E-state index >= 15 is 0 Å². The lowest BCUT2D eigenvalue weighted by atomic mass is 9.90. The van der Waals surface area contributed by atoms with Crippen molar-refractivity contribution in [3.05, 3.63) is 65.0 Å². The van der Waals surface area contributed by atoms with Gasteiger partial charge >= 0.3 is 6.09 Å². The first kappa shape index (κ1) is 28.5. The Morgan fingerprint density at radius 1 is 1.22 bits per heavy atom. The Hall–Kier alpha value is -3.07. The number of hydrogen-bond acceptors (Lipinski definition) is 5. The highest BCUT2D eigenvalue weighted by molar-refractivity contribution is 5.94. The number of halogens is 2. The second kappa shape index (κ2) is 12.0. The maximum absolute atomic E-state index is 14.6. The van der Waals surface area contributed by atoms with Crippen LogP contribution in [0.5, 0.6) is 0 Å². The number of likely N-dealkylation sites (tertiary alicyclic amines) is 1. The molecule has 0 spiro atoms. The molecule has 1 aromatic heterocycles. The molecule has 0 aliphatic carbocycles. The maximum atomic E-state index is 14.6.